The van der Waals surface area contributed by atoms with Gasteiger partial charge >= 0.3 is 0 Å². The number of carbonyl (C=O) groups excluding carboxylic acids is 1. The number of hydrogen-bond donors (Lipinski definition) is 1. The van der Waals surface area contributed by atoms with Crippen LogP contribution >= 0.6 is 11.6 Å². The number of benzene rings is 2. The first-order valence-corrected chi connectivity index (χ1v) is 8.20. The molecule has 1 N–H and O–H groups in total. The quantitative estimate of drug-likeness (QED) is 0.749. The number of anilines is 1. The van der Waals surface area contributed by atoms with Crippen LogP contribution in [0.25, 0.3) is 11.3 Å². The molecule has 0 saturated carbocycles. The second kappa shape index (κ2) is 7.84. The van der Waals surface area contributed by atoms with E-state index in [0.717, 1.165) is 0 Å². The molecule has 0 unspecified atom stereocenters. The highest BCUT2D eigenvalue weighted by Gasteiger charge is 2.10. The van der Waals surface area contributed by atoms with E-state index in [4.69, 9.17) is 16.3 Å². The van der Waals surface area contributed by atoms with E-state index in [1.807, 2.05) is 18.2 Å². The fourth-order valence-electron chi connectivity index (χ4n) is 2.47. The molecule has 0 atom stereocenters. The van der Waals surface area contributed by atoms with E-state index in [2.05, 4.69) is 10.3 Å². The maximum atomic E-state index is 12.3. The van der Waals surface area contributed by atoms with Crippen LogP contribution in [-0.2, 0) is 11.3 Å². The van der Waals surface area contributed by atoms with Crippen LogP contribution in [0.2, 0.25) is 5.02 Å². The van der Waals surface area contributed by atoms with Crippen molar-refractivity contribution in [2.75, 3.05) is 12.4 Å². The van der Waals surface area contributed by atoms with Crippen LogP contribution < -0.4 is 15.6 Å². The molecule has 0 aliphatic carbocycles. The van der Waals surface area contributed by atoms with Gasteiger partial charge in [-0.2, -0.15) is 0 Å². The number of ether oxygens (including phenoxy) is 1. The largest absolute Gasteiger partial charge is 0.496 e. The Morgan fingerprint density at radius 2 is 2.00 bits per heavy atom. The molecule has 132 valence electrons. The minimum atomic E-state index is -0.346. The van der Waals surface area contributed by atoms with Crippen molar-refractivity contribution >= 4 is 23.2 Å². The molecule has 26 heavy (non-hydrogen) atoms. The zero-order chi connectivity index (χ0) is 18.5. The van der Waals surface area contributed by atoms with Gasteiger partial charge in [-0.3, -0.25) is 14.2 Å². The number of carbonyl (C=O) groups is 1. The minimum Gasteiger partial charge on any atom is -0.496 e. The highest BCUT2D eigenvalue weighted by atomic mass is 35.5. The van der Waals surface area contributed by atoms with Crippen molar-refractivity contribution in [3.05, 3.63) is 76.3 Å². The Labute approximate surface area is 155 Å². The summed E-state index contributed by atoms with van der Waals surface area (Å²) in [7, 11) is 1.56. The second-order valence-corrected chi connectivity index (χ2v) is 5.94. The Bertz CT molecular complexity index is 1000. The van der Waals surface area contributed by atoms with Crippen molar-refractivity contribution in [2.45, 2.75) is 6.54 Å². The van der Waals surface area contributed by atoms with Crippen LogP contribution in [0.1, 0.15) is 0 Å². The molecular weight excluding hydrogens is 354 g/mol. The van der Waals surface area contributed by atoms with Gasteiger partial charge in [0.2, 0.25) is 5.91 Å². The van der Waals surface area contributed by atoms with E-state index in [0.29, 0.717) is 27.7 Å². The van der Waals surface area contributed by atoms with Crippen LogP contribution in [0.4, 0.5) is 5.69 Å². The van der Waals surface area contributed by atoms with Crippen LogP contribution in [0.5, 0.6) is 5.75 Å². The SMILES string of the molecule is COc1ccccc1-c1cc(=O)n(CC(=O)Nc2cccc(Cl)c2)cn1. The van der Waals surface area contributed by atoms with Gasteiger partial charge in [-0.25, -0.2) is 4.98 Å². The molecule has 1 amide bonds. The average molecular weight is 370 g/mol. The Morgan fingerprint density at radius 1 is 1.19 bits per heavy atom. The number of aromatic nitrogens is 2. The molecule has 0 aliphatic heterocycles. The summed E-state index contributed by atoms with van der Waals surface area (Å²) in [6.45, 7) is -0.148. The molecule has 3 rings (SSSR count). The zero-order valence-electron chi connectivity index (χ0n) is 14.0. The predicted molar refractivity (Wildman–Crippen MR) is 101 cm³/mol. The van der Waals surface area contributed by atoms with Gasteiger partial charge in [-0.05, 0) is 30.3 Å². The van der Waals surface area contributed by atoms with Gasteiger partial charge in [0.1, 0.15) is 12.3 Å². The third kappa shape index (κ3) is 4.10. The number of nitrogens with one attached hydrogen (secondary N) is 1. The van der Waals surface area contributed by atoms with Gasteiger partial charge in [0.05, 0.1) is 19.1 Å². The molecule has 0 fully saturated rings. The monoisotopic (exact) mass is 369 g/mol. The summed E-state index contributed by atoms with van der Waals surface area (Å²) < 4.78 is 6.52. The van der Waals surface area contributed by atoms with E-state index in [1.54, 1.807) is 37.4 Å². The van der Waals surface area contributed by atoms with Gasteiger partial charge in [0.15, 0.2) is 0 Å². The number of hydrogen-bond acceptors (Lipinski definition) is 4. The fourth-order valence-corrected chi connectivity index (χ4v) is 2.66. The molecule has 7 heteroatoms. The van der Waals surface area contributed by atoms with Crippen LogP contribution in [0.15, 0.2) is 65.7 Å². The summed E-state index contributed by atoms with van der Waals surface area (Å²) >= 11 is 5.89. The summed E-state index contributed by atoms with van der Waals surface area (Å²) in [4.78, 5) is 28.7. The molecule has 0 aliphatic rings. The fraction of sp³-hybridized carbons (Fsp3) is 0.105. The van der Waals surface area contributed by atoms with E-state index in [-0.39, 0.29) is 18.0 Å². The van der Waals surface area contributed by atoms with Crippen molar-refractivity contribution in [2.24, 2.45) is 0 Å². The summed E-state index contributed by atoms with van der Waals surface area (Å²) in [6.07, 6.45) is 1.35. The smallest absolute Gasteiger partial charge is 0.254 e. The lowest BCUT2D eigenvalue weighted by Crippen LogP contribution is -2.27. The lowest BCUT2D eigenvalue weighted by atomic mass is 10.1. The normalized spacial score (nSPS) is 10.4. The molecule has 3 aromatic rings. The van der Waals surface area contributed by atoms with Crippen molar-refractivity contribution in [3.63, 3.8) is 0 Å². The zero-order valence-corrected chi connectivity index (χ0v) is 14.7. The molecular formula is C19H16ClN3O3. The number of amides is 1. The molecule has 0 bridgehead atoms. The van der Waals surface area contributed by atoms with Crippen molar-refractivity contribution in [1.29, 1.82) is 0 Å². The predicted octanol–water partition coefficient (Wildman–Crippen LogP) is 3.21. The Kier molecular flexibility index (Phi) is 5.34. The lowest BCUT2D eigenvalue weighted by molar-refractivity contribution is -0.116. The number of rotatable bonds is 5. The van der Waals surface area contributed by atoms with Crippen LogP contribution in [0, 0.1) is 0 Å². The number of nitrogens with zero attached hydrogens (tertiary/aromatic N) is 2. The number of halogens is 1. The molecule has 1 heterocycles. The van der Waals surface area contributed by atoms with Gasteiger partial charge < -0.3 is 10.1 Å². The van der Waals surface area contributed by atoms with Gasteiger partial charge in [-0.1, -0.05) is 29.8 Å². The maximum absolute atomic E-state index is 12.3. The second-order valence-electron chi connectivity index (χ2n) is 5.50. The van der Waals surface area contributed by atoms with Gasteiger partial charge in [-0.15, -0.1) is 0 Å². The molecule has 2 aromatic carbocycles. The molecule has 0 radical (unpaired) electrons. The topological polar surface area (TPSA) is 73.2 Å². The first-order valence-electron chi connectivity index (χ1n) is 7.82. The summed E-state index contributed by atoms with van der Waals surface area (Å²) in [6, 6.07) is 15.5. The number of para-hydroxylation sites is 1. The lowest BCUT2D eigenvalue weighted by Gasteiger charge is -2.10. The molecule has 0 spiro atoms. The van der Waals surface area contributed by atoms with Crippen LogP contribution in [0.3, 0.4) is 0 Å². The van der Waals surface area contributed by atoms with Crippen molar-refractivity contribution in [1.82, 2.24) is 9.55 Å². The summed E-state index contributed by atoms with van der Waals surface area (Å²) in [5, 5.41) is 3.21. The first-order chi connectivity index (χ1) is 12.6. The van der Waals surface area contributed by atoms with Crippen molar-refractivity contribution < 1.29 is 9.53 Å². The standard InChI is InChI=1S/C19H16ClN3O3/c1-26-17-8-3-2-7-15(17)16-10-19(25)23(12-21-16)11-18(24)22-14-6-4-5-13(20)9-14/h2-10,12H,11H2,1H3,(H,22,24). The Balaban J connectivity index is 1.78. The summed E-state index contributed by atoms with van der Waals surface area (Å²) in [5.41, 5.74) is 1.43. The number of methoxy groups -OCH3 is 1. The molecule has 0 saturated heterocycles. The van der Waals surface area contributed by atoms with E-state index in [1.165, 1.54) is 17.0 Å². The van der Waals surface area contributed by atoms with Gasteiger partial charge in [0.25, 0.3) is 5.56 Å². The van der Waals surface area contributed by atoms with E-state index in [9.17, 15) is 9.59 Å². The first kappa shape index (κ1) is 17.7. The average Bonchev–Trinajstić information content (AvgIpc) is 2.63. The van der Waals surface area contributed by atoms with Gasteiger partial charge in [0, 0.05) is 22.3 Å². The van der Waals surface area contributed by atoms with Crippen LogP contribution in [-0.4, -0.2) is 22.6 Å². The highest BCUT2D eigenvalue weighted by Crippen LogP contribution is 2.26. The maximum Gasteiger partial charge on any atom is 0.254 e. The van der Waals surface area contributed by atoms with E-state index < -0.39 is 0 Å². The van der Waals surface area contributed by atoms with Crippen molar-refractivity contribution in [3.8, 4) is 17.0 Å². The molecule has 1 aromatic heterocycles. The third-order valence-corrected chi connectivity index (χ3v) is 3.92. The minimum absolute atomic E-state index is 0.148. The Hall–Kier alpha value is -3.12. The third-order valence-electron chi connectivity index (χ3n) is 3.68. The van der Waals surface area contributed by atoms with E-state index >= 15 is 0 Å². The highest BCUT2D eigenvalue weighted by molar-refractivity contribution is 6.30. The Morgan fingerprint density at radius 3 is 2.73 bits per heavy atom. The summed E-state index contributed by atoms with van der Waals surface area (Å²) in [5.74, 6) is 0.275. The molecule has 6 nitrogen and oxygen atoms in total.